The van der Waals surface area contributed by atoms with Gasteiger partial charge in [0.25, 0.3) is 0 Å². The maximum Gasteiger partial charge on any atom is 0.309 e. The minimum Gasteiger partial charge on any atom is -0.462 e. The van der Waals surface area contributed by atoms with E-state index < -0.39 is 67.3 Å². The largest absolute Gasteiger partial charge is 0.462 e. The van der Waals surface area contributed by atoms with Crippen molar-refractivity contribution in [1.29, 1.82) is 0 Å². The molecule has 1 aliphatic heterocycles. The molecule has 8 atom stereocenters. The number of aliphatic hydroxyl groups excluding tert-OH is 2. The molecule has 1 saturated heterocycles. The molecule has 1 fully saturated rings. The number of amides is 1. The summed E-state index contributed by atoms with van der Waals surface area (Å²) in [5, 5.41) is 24.8. The Morgan fingerprint density at radius 3 is 1.40 bits per heavy atom. The number of carbonyl (C=O) groups is 5. The van der Waals surface area contributed by atoms with Crippen LogP contribution in [0.2, 0.25) is 0 Å². The van der Waals surface area contributed by atoms with Gasteiger partial charge in [-0.25, -0.2) is 0 Å². The normalized spacial score (nSPS) is 18.3. The summed E-state index contributed by atoms with van der Waals surface area (Å²) in [5.74, 6) is -2.23. The molecule has 1 aromatic rings. The van der Waals surface area contributed by atoms with Crippen molar-refractivity contribution in [2.24, 2.45) is 5.73 Å². The summed E-state index contributed by atoms with van der Waals surface area (Å²) in [6.45, 7) is 8.28. The lowest BCUT2D eigenvalue weighted by Crippen LogP contribution is -2.63. The van der Waals surface area contributed by atoms with Crippen LogP contribution in [0.15, 0.2) is 30.3 Å². The van der Waals surface area contributed by atoms with Gasteiger partial charge in [-0.2, -0.15) is 0 Å². The molecule has 0 saturated carbocycles. The third kappa shape index (κ3) is 36.8. The summed E-state index contributed by atoms with van der Waals surface area (Å²) in [7, 11) is 0. The molecule has 462 valence electrons. The minimum absolute atomic E-state index is 0.0496. The zero-order valence-electron chi connectivity index (χ0n) is 51.0. The predicted molar refractivity (Wildman–Crippen MR) is 320 cm³/mol. The zero-order valence-corrected chi connectivity index (χ0v) is 51.0. The number of rotatable bonds is 52. The SMILES string of the molecule is CCCCCCCCCCC[C@H](CC(=O)N[C@@H](CC[C@@H]1O[C@H](CO)[C@@H](O)[C@H](OC(=O)C[C@@H](CCCCCCCCCCC)OC(=O)CCCCCCCCC)[C@H]1N)CC(=O)OCc1ccccc1)OC(=O)CCCCCCCCC. The molecule has 2 rings (SSSR count). The number of aliphatic hydroxyl groups is 2. The van der Waals surface area contributed by atoms with E-state index in [-0.39, 0.29) is 63.0 Å². The Labute approximate surface area is 485 Å². The van der Waals surface area contributed by atoms with Crippen molar-refractivity contribution in [1.82, 2.24) is 5.32 Å². The van der Waals surface area contributed by atoms with Crippen LogP contribution in [-0.2, 0) is 54.3 Å². The van der Waals surface area contributed by atoms with Crippen molar-refractivity contribution >= 4 is 29.8 Å². The Morgan fingerprint density at radius 2 is 0.950 bits per heavy atom. The van der Waals surface area contributed by atoms with Gasteiger partial charge in [-0.15, -0.1) is 0 Å². The molecule has 1 aliphatic rings. The van der Waals surface area contributed by atoms with E-state index in [0.29, 0.717) is 19.3 Å². The number of hydrogen-bond donors (Lipinski definition) is 4. The summed E-state index contributed by atoms with van der Waals surface area (Å²) in [4.78, 5) is 67.7. The number of esters is 4. The molecule has 0 aliphatic carbocycles. The van der Waals surface area contributed by atoms with Gasteiger partial charge in [-0.05, 0) is 56.9 Å². The van der Waals surface area contributed by atoms with Gasteiger partial charge < -0.3 is 44.9 Å². The van der Waals surface area contributed by atoms with Crippen molar-refractivity contribution in [2.75, 3.05) is 6.61 Å². The van der Waals surface area contributed by atoms with E-state index in [1.807, 2.05) is 30.3 Å². The second-order valence-corrected chi connectivity index (χ2v) is 23.2. The average molecular weight is 1130 g/mol. The number of carbonyl (C=O) groups excluding carboxylic acids is 5. The van der Waals surface area contributed by atoms with Crippen LogP contribution >= 0.6 is 0 Å². The molecule has 1 aromatic carbocycles. The van der Waals surface area contributed by atoms with Gasteiger partial charge >= 0.3 is 23.9 Å². The highest BCUT2D eigenvalue weighted by Gasteiger charge is 2.46. The zero-order chi connectivity index (χ0) is 58.3. The lowest BCUT2D eigenvalue weighted by atomic mass is 9.89. The number of nitrogens with two attached hydrogens (primary N) is 1. The molecule has 1 amide bonds. The maximum absolute atomic E-state index is 14.0. The van der Waals surface area contributed by atoms with Gasteiger partial charge in [0.1, 0.15) is 37.1 Å². The number of benzene rings is 1. The summed E-state index contributed by atoms with van der Waals surface area (Å²) >= 11 is 0. The number of ether oxygens (including phenoxy) is 5. The van der Waals surface area contributed by atoms with Crippen LogP contribution in [0.25, 0.3) is 0 Å². The van der Waals surface area contributed by atoms with E-state index in [9.17, 15) is 34.2 Å². The highest BCUT2D eigenvalue weighted by molar-refractivity contribution is 5.79. The first kappa shape index (κ1) is 72.5. The van der Waals surface area contributed by atoms with E-state index in [1.165, 1.54) is 103 Å². The predicted octanol–water partition coefficient (Wildman–Crippen LogP) is 14.5. The van der Waals surface area contributed by atoms with Gasteiger partial charge in [0.05, 0.1) is 38.0 Å². The Kier molecular flexibility index (Phi) is 44.3. The molecule has 0 bridgehead atoms. The fraction of sp³-hybridized carbons (Fsp3) is 0.833. The lowest BCUT2D eigenvalue weighted by molar-refractivity contribution is -0.208. The molecule has 1 heterocycles. The maximum atomic E-state index is 14.0. The van der Waals surface area contributed by atoms with Crippen LogP contribution in [0.1, 0.15) is 297 Å². The molecule has 5 N–H and O–H groups in total. The van der Waals surface area contributed by atoms with Gasteiger partial charge in [0.15, 0.2) is 0 Å². The van der Waals surface area contributed by atoms with E-state index in [0.717, 1.165) is 108 Å². The van der Waals surface area contributed by atoms with Gasteiger partial charge in [-0.3, -0.25) is 24.0 Å². The van der Waals surface area contributed by atoms with Crippen molar-refractivity contribution in [3.63, 3.8) is 0 Å². The quantitative estimate of drug-likeness (QED) is 0.0272. The molecule has 0 radical (unpaired) electrons. The first-order valence-corrected chi connectivity index (χ1v) is 32.7. The fourth-order valence-corrected chi connectivity index (χ4v) is 10.8. The first-order valence-electron chi connectivity index (χ1n) is 32.7. The summed E-state index contributed by atoms with van der Waals surface area (Å²) in [6.07, 6.45) is 30.8. The number of hydrogen-bond acceptors (Lipinski definition) is 13. The standard InChI is InChI=1S/C66H116N2O12/c1-5-9-13-17-21-23-27-29-36-42-55(77-60(71)44-38-31-25-19-15-11-7-3)49-59(70)68-54(48-62(73)76-52-53-40-34-33-35-41-53)46-47-57-64(67)66(65(75)58(51-69)79-57)80-63(74)50-56(43-37-30-28-24-22-18-14-10-6-2)78-61(72)45-39-32-26-20-16-12-8-4/h33-35,40-41,54-58,64-66,69,75H,5-32,36-39,42-52,67H2,1-4H3,(H,68,70)/t54-,55+,56+,57-,58+,64-,65+,66+/m0/s1. The topological polar surface area (TPSA) is 210 Å². The van der Waals surface area contributed by atoms with Crippen LogP contribution in [0.3, 0.4) is 0 Å². The van der Waals surface area contributed by atoms with Crippen molar-refractivity contribution < 1.29 is 57.9 Å². The highest BCUT2D eigenvalue weighted by atomic mass is 16.6. The Bertz CT molecular complexity index is 1700. The summed E-state index contributed by atoms with van der Waals surface area (Å²) in [6, 6.07) is 7.50. The Hall–Kier alpha value is -3.59. The van der Waals surface area contributed by atoms with Gasteiger partial charge in [-0.1, -0.05) is 238 Å². The van der Waals surface area contributed by atoms with E-state index >= 15 is 0 Å². The van der Waals surface area contributed by atoms with Crippen LogP contribution < -0.4 is 11.1 Å². The van der Waals surface area contributed by atoms with Crippen LogP contribution in [-0.4, -0.2) is 95.3 Å². The molecule has 0 unspecified atom stereocenters. The van der Waals surface area contributed by atoms with Gasteiger partial charge in [0.2, 0.25) is 5.91 Å². The number of nitrogens with one attached hydrogen (secondary N) is 1. The smallest absolute Gasteiger partial charge is 0.309 e. The number of unbranched alkanes of at least 4 members (excludes halogenated alkanes) is 28. The van der Waals surface area contributed by atoms with Crippen molar-refractivity contribution in [2.45, 2.75) is 346 Å². The minimum atomic E-state index is -1.45. The van der Waals surface area contributed by atoms with Gasteiger partial charge in [0, 0.05) is 18.9 Å². The molecular formula is C66H116N2O12. The lowest BCUT2D eigenvalue weighted by Gasteiger charge is -2.43. The second kappa shape index (κ2) is 48.9. The summed E-state index contributed by atoms with van der Waals surface area (Å²) in [5.41, 5.74) is 7.60. The highest BCUT2D eigenvalue weighted by Crippen LogP contribution is 2.28. The van der Waals surface area contributed by atoms with Crippen LogP contribution in [0.5, 0.6) is 0 Å². The second-order valence-electron chi connectivity index (χ2n) is 23.2. The molecule has 80 heavy (non-hydrogen) atoms. The molecular weight excluding hydrogens is 1010 g/mol. The third-order valence-electron chi connectivity index (χ3n) is 15.8. The molecule has 0 spiro atoms. The molecule has 14 nitrogen and oxygen atoms in total. The summed E-state index contributed by atoms with van der Waals surface area (Å²) < 4.78 is 29.7. The van der Waals surface area contributed by atoms with Crippen molar-refractivity contribution in [3.8, 4) is 0 Å². The first-order chi connectivity index (χ1) is 38.9. The van der Waals surface area contributed by atoms with Crippen LogP contribution in [0, 0.1) is 0 Å². The third-order valence-corrected chi connectivity index (χ3v) is 15.8. The average Bonchev–Trinajstić information content (AvgIpc) is 3.44. The molecule has 14 heteroatoms. The molecule has 0 aromatic heterocycles. The van der Waals surface area contributed by atoms with E-state index in [4.69, 9.17) is 29.4 Å². The van der Waals surface area contributed by atoms with E-state index in [1.54, 1.807) is 0 Å². The van der Waals surface area contributed by atoms with Crippen LogP contribution in [0.4, 0.5) is 0 Å². The fourth-order valence-electron chi connectivity index (χ4n) is 10.8. The van der Waals surface area contributed by atoms with Crippen molar-refractivity contribution in [3.05, 3.63) is 35.9 Å². The Balaban J connectivity index is 2.20. The Morgan fingerprint density at radius 1 is 0.525 bits per heavy atom. The monoisotopic (exact) mass is 1130 g/mol. The van der Waals surface area contributed by atoms with E-state index in [2.05, 4.69) is 33.0 Å².